The molecular formula is C22H33N3O. The van der Waals surface area contributed by atoms with E-state index in [1.807, 2.05) is 20.8 Å². The van der Waals surface area contributed by atoms with Crippen LogP contribution in [0.4, 0.5) is 5.69 Å². The van der Waals surface area contributed by atoms with Crippen molar-refractivity contribution in [2.24, 2.45) is 5.41 Å². The van der Waals surface area contributed by atoms with E-state index >= 15 is 0 Å². The van der Waals surface area contributed by atoms with Crippen LogP contribution >= 0.6 is 0 Å². The lowest BCUT2D eigenvalue weighted by Crippen LogP contribution is -2.46. The lowest BCUT2D eigenvalue weighted by atomic mass is 9.87. The zero-order valence-corrected chi connectivity index (χ0v) is 16.6. The van der Waals surface area contributed by atoms with Gasteiger partial charge in [-0.15, -0.1) is 0 Å². The molecule has 0 aromatic heterocycles. The van der Waals surface area contributed by atoms with E-state index in [-0.39, 0.29) is 11.3 Å². The number of rotatable bonds is 5. The molecule has 2 atom stereocenters. The maximum Gasteiger partial charge on any atom is 0.225 e. The molecule has 1 fully saturated rings. The average Bonchev–Trinajstić information content (AvgIpc) is 3.17. The largest absolute Gasteiger partial charge is 0.367 e. The van der Waals surface area contributed by atoms with E-state index in [0.717, 1.165) is 25.6 Å². The van der Waals surface area contributed by atoms with E-state index in [4.69, 9.17) is 0 Å². The zero-order chi connectivity index (χ0) is 18.3. The predicted molar refractivity (Wildman–Crippen MR) is 107 cm³/mol. The highest BCUT2D eigenvalue weighted by Crippen LogP contribution is 2.49. The molecule has 1 aromatic rings. The Morgan fingerprint density at radius 2 is 2.08 bits per heavy atom. The molecule has 0 aliphatic carbocycles. The van der Waals surface area contributed by atoms with Crippen molar-refractivity contribution in [3.63, 3.8) is 0 Å². The summed E-state index contributed by atoms with van der Waals surface area (Å²) in [5, 5.41) is 3.07. The van der Waals surface area contributed by atoms with Crippen molar-refractivity contribution in [2.45, 2.75) is 58.4 Å². The van der Waals surface area contributed by atoms with Crippen molar-refractivity contribution in [2.75, 3.05) is 37.6 Å². The lowest BCUT2D eigenvalue weighted by Gasteiger charge is -2.38. The van der Waals surface area contributed by atoms with Crippen molar-refractivity contribution in [1.82, 2.24) is 10.2 Å². The van der Waals surface area contributed by atoms with Gasteiger partial charge in [-0.2, -0.15) is 0 Å². The van der Waals surface area contributed by atoms with Gasteiger partial charge >= 0.3 is 0 Å². The quantitative estimate of drug-likeness (QED) is 0.824. The number of nitrogens with zero attached hydrogens (tertiary/aromatic N) is 2. The average molecular weight is 356 g/mol. The van der Waals surface area contributed by atoms with E-state index in [1.165, 1.54) is 38.9 Å². The van der Waals surface area contributed by atoms with Gasteiger partial charge in [0.25, 0.3) is 0 Å². The van der Waals surface area contributed by atoms with Crippen LogP contribution in [0.25, 0.3) is 0 Å². The third-order valence-electron chi connectivity index (χ3n) is 6.39. The summed E-state index contributed by atoms with van der Waals surface area (Å²) in [7, 11) is 0. The molecule has 1 N–H and O–H groups in total. The number of anilines is 1. The van der Waals surface area contributed by atoms with Crippen molar-refractivity contribution in [3.05, 3.63) is 29.3 Å². The van der Waals surface area contributed by atoms with Gasteiger partial charge in [0.1, 0.15) is 0 Å². The first-order chi connectivity index (χ1) is 12.4. The molecule has 1 aromatic carbocycles. The predicted octanol–water partition coefficient (Wildman–Crippen LogP) is 3.16. The van der Waals surface area contributed by atoms with Gasteiger partial charge in [-0.05, 0) is 43.4 Å². The molecule has 0 bridgehead atoms. The Hall–Kier alpha value is -1.55. The molecule has 1 amide bonds. The first kappa shape index (κ1) is 17.8. The van der Waals surface area contributed by atoms with Crippen LogP contribution in [0, 0.1) is 5.41 Å². The normalized spacial score (nSPS) is 24.5. The van der Waals surface area contributed by atoms with Crippen molar-refractivity contribution < 1.29 is 4.79 Å². The fourth-order valence-electron chi connectivity index (χ4n) is 4.96. The van der Waals surface area contributed by atoms with Gasteiger partial charge < -0.3 is 15.1 Å². The Balaban J connectivity index is 1.26. The molecule has 0 radical (unpaired) electrons. The van der Waals surface area contributed by atoms with Crippen LogP contribution in [0.2, 0.25) is 0 Å². The van der Waals surface area contributed by atoms with E-state index in [1.54, 1.807) is 16.8 Å². The maximum atomic E-state index is 11.9. The number of hydrogen-bond donors (Lipinski definition) is 1. The number of likely N-dealkylation sites (tertiary alicyclic amines) is 1. The number of nitrogens with one attached hydrogen (secondary N) is 1. The summed E-state index contributed by atoms with van der Waals surface area (Å²) in [6, 6.07) is 7.68. The standard InChI is InChI=1S/C22H33N3O/c1-22(2,3)21(26)23-11-4-5-12-24-13-10-19-18(15-24)17-8-6-7-16-9-14-25(19)20(16)17/h6-8,18-19H,4-5,9-15H2,1-3H3,(H,23,26)/t18-,19-/m1/s1. The van der Waals surface area contributed by atoms with Crippen LogP contribution in [0.15, 0.2) is 18.2 Å². The minimum absolute atomic E-state index is 0.159. The summed E-state index contributed by atoms with van der Waals surface area (Å²) in [6.07, 6.45) is 4.76. The molecule has 3 heterocycles. The van der Waals surface area contributed by atoms with Gasteiger partial charge in [-0.3, -0.25) is 4.79 Å². The third-order valence-corrected chi connectivity index (χ3v) is 6.39. The van der Waals surface area contributed by atoms with Crippen molar-refractivity contribution in [3.8, 4) is 0 Å². The summed E-state index contributed by atoms with van der Waals surface area (Å²) < 4.78 is 0. The Labute approximate surface area is 157 Å². The smallest absolute Gasteiger partial charge is 0.225 e. The second kappa shape index (κ2) is 6.88. The molecule has 142 valence electrons. The minimum Gasteiger partial charge on any atom is -0.367 e. The van der Waals surface area contributed by atoms with Gasteiger partial charge in [-0.1, -0.05) is 39.0 Å². The molecule has 26 heavy (non-hydrogen) atoms. The molecule has 1 saturated heterocycles. The van der Waals surface area contributed by atoms with Gasteiger partial charge in [0.15, 0.2) is 0 Å². The molecule has 3 aliphatic rings. The van der Waals surface area contributed by atoms with E-state index < -0.39 is 0 Å². The van der Waals surface area contributed by atoms with Crippen LogP contribution in [0.3, 0.4) is 0 Å². The molecule has 3 aliphatic heterocycles. The highest BCUT2D eigenvalue weighted by molar-refractivity contribution is 5.81. The number of benzene rings is 1. The molecule has 0 spiro atoms. The van der Waals surface area contributed by atoms with Gasteiger partial charge in [0.05, 0.1) is 0 Å². The number of piperidine rings is 1. The lowest BCUT2D eigenvalue weighted by molar-refractivity contribution is -0.128. The number of fused-ring (bicyclic) bond motifs is 3. The van der Waals surface area contributed by atoms with Gasteiger partial charge in [0, 0.05) is 49.2 Å². The number of hydrogen-bond acceptors (Lipinski definition) is 3. The second-order valence-electron chi connectivity index (χ2n) is 9.27. The molecule has 4 heteroatoms. The van der Waals surface area contributed by atoms with Crippen LogP contribution in [-0.4, -0.2) is 49.6 Å². The first-order valence-electron chi connectivity index (χ1n) is 10.3. The molecule has 4 nitrogen and oxygen atoms in total. The Morgan fingerprint density at radius 3 is 2.88 bits per heavy atom. The number of carbonyl (C=O) groups excluding carboxylic acids is 1. The monoisotopic (exact) mass is 355 g/mol. The SMILES string of the molecule is CC(C)(C)C(=O)NCCCCN1CC[C@@H]2[C@H](C1)c1cccc3c1N2CC3. The number of para-hydroxylation sites is 1. The highest BCUT2D eigenvalue weighted by Gasteiger charge is 2.44. The van der Waals surface area contributed by atoms with E-state index in [9.17, 15) is 4.79 Å². The van der Waals surface area contributed by atoms with Crippen LogP contribution < -0.4 is 10.2 Å². The first-order valence-corrected chi connectivity index (χ1v) is 10.3. The third kappa shape index (κ3) is 3.24. The van der Waals surface area contributed by atoms with E-state index in [0.29, 0.717) is 5.92 Å². The zero-order valence-electron chi connectivity index (χ0n) is 16.6. The number of unbranched alkanes of at least 4 members (excludes halogenated alkanes) is 1. The Morgan fingerprint density at radius 1 is 1.23 bits per heavy atom. The molecular weight excluding hydrogens is 322 g/mol. The summed E-state index contributed by atoms with van der Waals surface area (Å²) >= 11 is 0. The molecule has 0 unspecified atom stereocenters. The summed E-state index contributed by atoms with van der Waals surface area (Å²) in [6.45, 7) is 11.5. The van der Waals surface area contributed by atoms with E-state index in [2.05, 4.69) is 33.3 Å². The molecule has 4 rings (SSSR count). The number of carbonyl (C=O) groups is 1. The Bertz CT molecular complexity index is 678. The fourth-order valence-corrected chi connectivity index (χ4v) is 4.96. The van der Waals surface area contributed by atoms with Gasteiger partial charge in [-0.25, -0.2) is 0 Å². The second-order valence-corrected chi connectivity index (χ2v) is 9.27. The topological polar surface area (TPSA) is 35.6 Å². The molecule has 0 saturated carbocycles. The summed E-state index contributed by atoms with van der Waals surface area (Å²) in [5.74, 6) is 0.853. The minimum atomic E-state index is -0.284. The van der Waals surface area contributed by atoms with Crippen LogP contribution in [-0.2, 0) is 11.2 Å². The summed E-state index contributed by atoms with van der Waals surface area (Å²) in [5.41, 5.74) is 4.47. The van der Waals surface area contributed by atoms with Gasteiger partial charge in [0.2, 0.25) is 5.91 Å². The maximum absolute atomic E-state index is 11.9. The van der Waals surface area contributed by atoms with Crippen LogP contribution in [0.1, 0.15) is 57.1 Å². The number of amides is 1. The van der Waals surface area contributed by atoms with Crippen LogP contribution in [0.5, 0.6) is 0 Å². The van der Waals surface area contributed by atoms with Crippen molar-refractivity contribution >= 4 is 11.6 Å². The summed E-state index contributed by atoms with van der Waals surface area (Å²) in [4.78, 5) is 17.3. The fraction of sp³-hybridized carbons (Fsp3) is 0.682. The van der Waals surface area contributed by atoms with Crippen molar-refractivity contribution in [1.29, 1.82) is 0 Å². The highest BCUT2D eigenvalue weighted by atomic mass is 16.2. The Kier molecular flexibility index (Phi) is 4.72.